The van der Waals surface area contributed by atoms with Crippen molar-refractivity contribution in [2.75, 3.05) is 12.0 Å². The molecule has 0 aliphatic heterocycles. The van der Waals surface area contributed by atoms with Gasteiger partial charge in [-0.2, -0.15) is 11.8 Å². The minimum absolute atomic E-state index is 0.0741. The summed E-state index contributed by atoms with van der Waals surface area (Å²) in [6, 6.07) is -4.50. The van der Waals surface area contributed by atoms with Crippen LogP contribution in [0.4, 0.5) is 0 Å². The molecule has 0 aromatic carbocycles. The summed E-state index contributed by atoms with van der Waals surface area (Å²) in [4.78, 5) is 56.4. The summed E-state index contributed by atoms with van der Waals surface area (Å²) < 4.78 is 0. The van der Waals surface area contributed by atoms with E-state index in [4.69, 9.17) is 5.73 Å². The lowest BCUT2D eigenvalue weighted by Gasteiger charge is -2.26. The van der Waals surface area contributed by atoms with Crippen LogP contribution in [0.15, 0.2) is 12.5 Å². The normalized spacial score (nSPS) is 15.7. The summed E-state index contributed by atoms with van der Waals surface area (Å²) in [6.45, 7) is 4.79. The zero-order valence-corrected chi connectivity index (χ0v) is 20.0. The van der Waals surface area contributed by atoms with E-state index in [1.54, 1.807) is 13.8 Å². The summed E-state index contributed by atoms with van der Waals surface area (Å²) in [5.74, 6) is -2.97. The molecule has 5 atom stereocenters. The van der Waals surface area contributed by atoms with Crippen molar-refractivity contribution >= 4 is 35.5 Å². The van der Waals surface area contributed by atoms with Crippen molar-refractivity contribution in [1.82, 2.24) is 25.9 Å². The van der Waals surface area contributed by atoms with E-state index >= 15 is 0 Å². The number of aromatic amines is 1. The molecule has 33 heavy (non-hydrogen) atoms. The van der Waals surface area contributed by atoms with Gasteiger partial charge in [-0.05, 0) is 31.3 Å². The summed E-state index contributed by atoms with van der Waals surface area (Å²) in [5, 5.41) is 26.3. The zero-order valence-electron chi connectivity index (χ0n) is 19.2. The summed E-state index contributed by atoms with van der Waals surface area (Å²) in [7, 11) is 0. The van der Waals surface area contributed by atoms with Gasteiger partial charge in [0.25, 0.3) is 0 Å². The predicted octanol–water partition coefficient (Wildman–Crippen LogP) is -1.39. The lowest BCUT2D eigenvalue weighted by molar-refractivity contribution is -0.145. The highest BCUT2D eigenvalue weighted by Gasteiger charge is 2.32. The molecule has 1 rings (SSSR count). The molecule has 186 valence electrons. The Morgan fingerprint density at radius 3 is 2.18 bits per heavy atom. The van der Waals surface area contributed by atoms with Gasteiger partial charge in [-0.3, -0.25) is 14.4 Å². The minimum Gasteiger partial charge on any atom is -0.480 e. The first-order chi connectivity index (χ1) is 15.5. The van der Waals surface area contributed by atoms with Crippen LogP contribution in [0.5, 0.6) is 0 Å². The molecule has 12 nitrogen and oxygen atoms in total. The van der Waals surface area contributed by atoms with E-state index in [1.165, 1.54) is 31.2 Å². The number of carboxylic acid groups (broad SMARTS) is 1. The van der Waals surface area contributed by atoms with Crippen LogP contribution < -0.4 is 21.7 Å². The number of rotatable bonds is 14. The number of nitrogens with two attached hydrogens (primary N) is 1. The van der Waals surface area contributed by atoms with Crippen molar-refractivity contribution in [3.8, 4) is 0 Å². The highest BCUT2D eigenvalue weighted by Crippen LogP contribution is 2.07. The van der Waals surface area contributed by atoms with E-state index in [0.717, 1.165) is 0 Å². The highest BCUT2D eigenvalue weighted by molar-refractivity contribution is 7.98. The first-order valence-corrected chi connectivity index (χ1v) is 11.9. The number of carbonyl (C=O) groups is 4. The fourth-order valence-corrected chi connectivity index (χ4v) is 3.29. The Kier molecular flexibility index (Phi) is 11.9. The predicted molar refractivity (Wildman–Crippen MR) is 123 cm³/mol. The van der Waals surface area contributed by atoms with Gasteiger partial charge < -0.3 is 36.9 Å². The van der Waals surface area contributed by atoms with E-state index < -0.39 is 54.0 Å². The van der Waals surface area contributed by atoms with Crippen molar-refractivity contribution in [2.24, 2.45) is 11.7 Å². The van der Waals surface area contributed by atoms with Gasteiger partial charge in [0.15, 0.2) is 6.04 Å². The van der Waals surface area contributed by atoms with Gasteiger partial charge in [-0.1, -0.05) is 13.8 Å². The Hall–Kier alpha value is -2.64. The number of nitrogens with one attached hydrogen (secondary N) is 4. The fraction of sp³-hybridized carbons (Fsp3) is 0.650. The number of hydrogen-bond donors (Lipinski definition) is 7. The van der Waals surface area contributed by atoms with Crippen molar-refractivity contribution < 1.29 is 29.4 Å². The number of H-pyrrole nitrogens is 1. The Labute approximate surface area is 196 Å². The number of thioether (sulfide) groups is 1. The number of nitrogens with zero attached hydrogens (tertiary/aromatic N) is 1. The van der Waals surface area contributed by atoms with Gasteiger partial charge in [0.1, 0.15) is 12.1 Å². The van der Waals surface area contributed by atoms with Crippen LogP contribution in [0.25, 0.3) is 0 Å². The number of aromatic nitrogens is 2. The van der Waals surface area contributed by atoms with E-state index in [-0.39, 0.29) is 18.8 Å². The molecule has 0 saturated heterocycles. The van der Waals surface area contributed by atoms with Crippen molar-refractivity contribution in [1.29, 1.82) is 0 Å². The number of hydrogen-bond acceptors (Lipinski definition) is 8. The Balaban J connectivity index is 3.03. The van der Waals surface area contributed by atoms with Gasteiger partial charge in [0.2, 0.25) is 17.7 Å². The molecule has 0 bridgehead atoms. The van der Waals surface area contributed by atoms with Crippen LogP contribution >= 0.6 is 11.8 Å². The first kappa shape index (κ1) is 28.4. The largest absolute Gasteiger partial charge is 0.480 e. The fourth-order valence-electron chi connectivity index (χ4n) is 2.82. The smallest absolute Gasteiger partial charge is 0.328 e. The van der Waals surface area contributed by atoms with Crippen molar-refractivity contribution in [2.45, 2.75) is 63.9 Å². The monoisotopic (exact) mass is 486 g/mol. The van der Waals surface area contributed by atoms with E-state index in [1.807, 2.05) is 6.26 Å². The lowest BCUT2D eigenvalue weighted by atomic mass is 10.0. The third-order valence-electron chi connectivity index (χ3n) is 4.92. The maximum absolute atomic E-state index is 13.1. The maximum Gasteiger partial charge on any atom is 0.328 e. The van der Waals surface area contributed by atoms with Crippen LogP contribution in [0.2, 0.25) is 0 Å². The number of imidazole rings is 1. The van der Waals surface area contributed by atoms with Crippen molar-refractivity contribution in [3.63, 3.8) is 0 Å². The lowest BCUT2D eigenvalue weighted by Crippen LogP contribution is -2.59. The molecule has 5 unspecified atom stereocenters. The Morgan fingerprint density at radius 1 is 1.09 bits per heavy atom. The minimum atomic E-state index is -1.53. The second-order valence-corrected chi connectivity index (χ2v) is 9.01. The maximum atomic E-state index is 13.1. The van der Waals surface area contributed by atoms with Crippen molar-refractivity contribution in [3.05, 3.63) is 18.2 Å². The molecule has 1 aromatic heterocycles. The molecular formula is C20H34N6O6S. The number of aliphatic hydroxyl groups is 1. The third kappa shape index (κ3) is 9.40. The van der Waals surface area contributed by atoms with Gasteiger partial charge >= 0.3 is 5.97 Å². The van der Waals surface area contributed by atoms with Crippen LogP contribution in [0.1, 0.15) is 32.9 Å². The molecule has 0 saturated carbocycles. The second-order valence-electron chi connectivity index (χ2n) is 8.02. The van der Waals surface area contributed by atoms with Crippen LogP contribution in [0, 0.1) is 5.92 Å². The standard InChI is InChI=1S/C20H34N6O6S/c1-10(2)15(21)19(30)25-14(7-12-8-22-9-23-12)18(29)24-13(5-6-33-4)17(28)26-16(11(3)27)20(31)32/h8-11,13-16,27H,5-7,21H2,1-4H3,(H,22,23)(H,24,29)(H,25,30)(H,26,28)(H,31,32). The van der Waals surface area contributed by atoms with Crippen LogP contribution in [-0.4, -0.2) is 86.2 Å². The van der Waals surface area contributed by atoms with Gasteiger partial charge in [0.05, 0.1) is 18.5 Å². The van der Waals surface area contributed by atoms with E-state index in [9.17, 15) is 29.4 Å². The molecule has 3 amide bonds. The summed E-state index contributed by atoms with van der Waals surface area (Å²) in [5.41, 5.74) is 6.48. The number of aliphatic carboxylic acids is 1. The van der Waals surface area contributed by atoms with Crippen LogP contribution in [-0.2, 0) is 25.6 Å². The first-order valence-electron chi connectivity index (χ1n) is 10.5. The number of aliphatic hydroxyl groups excluding tert-OH is 1. The van der Waals surface area contributed by atoms with Gasteiger partial charge in [0, 0.05) is 18.3 Å². The molecule has 1 aromatic rings. The molecule has 0 aliphatic rings. The van der Waals surface area contributed by atoms with E-state index in [0.29, 0.717) is 11.4 Å². The second kappa shape index (κ2) is 13.8. The van der Waals surface area contributed by atoms with Gasteiger partial charge in [-0.25, -0.2) is 9.78 Å². The highest BCUT2D eigenvalue weighted by atomic mass is 32.2. The molecule has 0 spiro atoms. The number of carboxylic acids is 1. The average molecular weight is 487 g/mol. The molecule has 1 heterocycles. The van der Waals surface area contributed by atoms with Gasteiger partial charge in [-0.15, -0.1) is 0 Å². The zero-order chi connectivity index (χ0) is 25.1. The summed E-state index contributed by atoms with van der Waals surface area (Å²) >= 11 is 1.44. The number of amides is 3. The molecule has 0 radical (unpaired) electrons. The average Bonchev–Trinajstić information content (AvgIpc) is 3.25. The van der Waals surface area contributed by atoms with E-state index in [2.05, 4.69) is 25.9 Å². The Bertz CT molecular complexity index is 788. The number of carbonyl (C=O) groups excluding carboxylic acids is 3. The molecular weight excluding hydrogens is 452 g/mol. The molecule has 8 N–H and O–H groups in total. The third-order valence-corrected chi connectivity index (χ3v) is 5.57. The quantitative estimate of drug-likeness (QED) is 0.165. The Morgan fingerprint density at radius 2 is 1.70 bits per heavy atom. The molecule has 0 aliphatic carbocycles. The topological polar surface area (TPSA) is 200 Å². The SMILES string of the molecule is CSCCC(NC(=O)C(Cc1cnc[nH]1)NC(=O)C(N)C(C)C)C(=O)NC(C(=O)O)C(C)O. The van der Waals surface area contributed by atoms with Crippen LogP contribution in [0.3, 0.4) is 0 Å². The molecule has 13 heteroatoms. The summed E-state index contributed by atoms with van der Waals surface area (Å²) in [6.07, 6.45) is 3.70. The molecule has 0 fully saturated rings.